The highest BCUT2D eigenvalue weighted by Crippen LogP contribution is 2.34. The van der Waals surface area contributed by atoms with E-state index in [1.165, 1.54) is 35.1 Å². The molecule has 0 bridgehead atoms. The van der Waals surface area contributed by atoms with Crippen LogP contribution in [0.3, 0.4) is 0 Å². The number of fused-ring (bicyclic) bond motifs is 1. The molecule has 1 aliphatic carbocycles. The van der Waals surface area contributed by atoms with E-state index < -0.39 is 0 Å². The average molecular weight is 248 g/mol. The van der Waals surface area contributed by atoms with Crippen LogP contribution in [0.15, 0.2) is 6.07 Å². The second kappa shape index (κ2) is 5.41. The fourth-order valence-corrected chi connectivity index (χ4v) is 3.39. The standard InChI is InChI=1S/C16H24O2/c1-10-4-5-15-12(3)16(14(8-17)9-18)11(2)7-13(15)6-10/h7,10,14,17-18H,4-6,8-9H2,1-3H3. The summed E-state index contributed by atoms with van der Waals surface area (Å²) in [7, 11) is 0. The van der Waals surface area contributed by atoms with Gasteiger partial charge in [0, 0.05) is 5.92 Å². The minimum atomic E-state index is -0.130. The molecule has 0 aromatic heterocycles. The number of hydrogen-bond donors (Lipinski definition) is 2. The van der Waals surface area contributed by atoms with Gasteiger partial charge in [0.2, 0.25) is 0 Å². The molecule has 2 nitrogen and oxygen atoms in total. The highest BCUT2D eigenvalue weighted by atomic mass is 16.3. The maximum Gasteiger partial charge on any atom is 0.0522 e. The van der Waals surface area contributed by atoms with Crippen LogP contribution in [0.5, 0.6) is 0 Å². The fraction of sp³-hybridized carbons (Fsp3) is 0.625. The minimum absolute atomic E-state index is 0.0212. The summed E-state index contributed by atoms with van der Waals surface area (Å²) in [5, 5.41) is 18.8. The molecule has 2 N–H and O–H groups in total. The van der Waals surface area contributed by atoms with Crippen molar-refractivity contribution in [1.82, 2.24) is 0 Å². The third-order valence-electron chi connectivity index (χ3n) is 4.36. The first-order valence-electron chi connectivity index (χ1n) is 6.92. The largest absolute Gasteiger partial charge is 0.396 e. The van der Waals surface area contributed by atoms with Crippen LogP contribution in [0, 0.1) is 19.8 Å². The van der Waals surface area contributed by atoms with Gasteiger partial charge in [-0.25, -0.2) is 0 Å². The van der Waals surface area contributed by atoms with Crippen molar-refractivity contribution < 1.29 is 10.2 Å². The van der Waals surface area contributed by atoms with Gasteiger partial charge in [-0.1, -0.05) is 13.0 Å². The molecule has 0 heterocycles. The zero-order valence-electron chi connectivity index (χ0n) is 11.7. The van der Waals surface area contributed by atoms with Crippen LogP contribution in [-0.4, -0.2) is 23.4 Å². The molecule has 0 spiro atoms. The van der Waals surface area contributed by atoms with Crippen LogP contribution in [0.1, 0.15) is 47.1 Å². The fourth-order valence-electron chi connectivity index (χ4n) is 3.39. The van der Waals surface area contributed by atoms with Crippen molar-refractivity contribution in [2.75, 3.05) is 13.2 Å². The molecular weight excluding hydrogens is 224 g/mol. The molecule has 1 unspecified atom stereocenters. The molecule has 1 aromatic rings. The lowest BCUT2D eigenvalue weighted by molar-refractivity contribution is 0.191. The summed E-state index contributed by atoms with van der Waals surface area (Å²) in [5.74, 6) is 0.642. The van der Waals surface area contributed by atoms with Crippen molar-refractivity contribution >= 4 is 0 Å². The van der Waals surface area contributed by atoms with Crippen molar-refractivity contribution in [3.05, 3.63) is 33.9 Å². The SMILES string of the molecule is Cc1cc2c(c(C)c1C(CO)CO)CCC(C)C2. The molecular formula is C16H24O2. The first kappa shape index (κ1) is 13.6. The lowest BCUT2D eigenvalue weighted by atomic mass is 9.78. The van der Waals surface area contributed by atoms with Crippen molar-refractivity contribution in [1.29, 1.82) is 0 Å². The third kappa shape index (κ3) is 2.32. The Morgan fingerprint density at radius 3 is 2.56 bits per heavy atom. The van der Waals surface area contributed by atoms with Crippen molar-refractivity contribution in [3.63, 3.8) is 0 Å². The van der Waals surface area contributed by atoms with Gasteiger partial charge in [-0.2, -0.15) is 0 Å². The van der Waals surface area contributed by atoms with Crippen molar-refractivity contribution in [2.24, 2.45) is 5.92 Å². The van der Waals surface area contributed by atoms with E-state index in [2.05, 4.69) is 26.8 Å². The molecule has 0 saturated heterocycles. The number of benzene rings is 1. The van der Waals surface area contributed by atoms with Gasteiger partial charge < -0.3 is 10.2 Å². The average Bonchev–Trinajstić information content (AvgIpc) is 2.33. The first-order valence-corrected chi connectivity index (χ1v) is 6.92. The molecule has 1 aromatic carbocycles. The molecule has 0 amide bonds. The Bertz CT molecular complexity index is 433. The second-order valence-corrected chi connectivity index (χ2v) is 5.78. The number of aliphatic hydroxyl groups is 2. The van der Waals surface area contributed by atoms with E-state index >= 15 is 0 Å². The van der Waals surface area contributed by atoms with E-state index in [9.17, 15) is 10.2 Å². The predicted molar refractivity (Wildman–Crippen MR) is 74.0 cm³/mol. The normalized spacial score (nSPS) is 19.1. The monoisotopic (exact) mass is 248 g/mol. The van der Waals surface area contributed by atoms with E-state index in [1.807, 2.05) is 0 Å². The van der Waals surface area contributed by atoms with Gasteiger partial charge in [0.25, 0.3) is 0 Å². The predicted octanol–water partition coefficient (Wildman–Crippen LogP) is 2.50. The highest BCUT2D eigenvalue weighted by molar-refractivity contribution is 5.48. The Hall–Kier alpha value is -0.860. The van der Waals surface area contributed by atoms with E-state index in [4.69, 9.17) is 0 Å². The van der Waals surface area contributed by atoms with Gasteiger partial charge in [-0.05, 0) is 66.8 Å². The van der Waals surface area contributed by atoms with E-state index in [0.29, 0.717) is 0 Å². The Morgan fingerprint density at radius 2 is 1.94 bits per heavy atom. The minimum Gasteiger partial charge on any atom is -0.396 e. The summed E-state index contributed by atoms with van der Waals surface area (Å²) in [6.45, 7) is 6.60. The zero-order valence-corrected chi connectivity index (χ0v) is 11.7. The highest BCUT2D eigenvalue weighted by Gasteiger charge is 2.22. The Kier molecular flexibility index (Phi) is 4.08. The van der Waals surface area contributed by atoms with Crippen LogP contribution in [-0.2, 0) is 12.8 Å². The smallest absolute Gasteiger partial charge is 0.0522 e. The van der Waals surface area contributed by atoms with Gasteiger partial charge in [-0.3, -0.25) is 0 Å². The first-order chi connectivity index (χ1) is 8.58. The molecule has 0 aliphatic heterocycles. The Labute approximate surface area is 110 Å². The van der Waals surface area contributed by atoms with Crippen LogP contribution in [0.25, 0.3) is 0 Å². The van der Waals surface area contributed by atoms with Crippen LogP contribution in [0.2, 0.25) is 0 Å². The zero-order chi connectivity index (χ0) is 13.3. The summed E-state index contributed by atoms with van der Waals surface area (Å²) in [4.78, 5) is 0. The Balaban J connectivity index is 2.50. The lowest BCUT2D eigenvalue weighted by Crippen LogP contribution is -2.18. The lowest BCUT2D eigenvalue weighted by Gasteiger charge is -2.28. The molecule has 2 heteroatoms. The van der Waals surface area contributed by atoms with E-state index in [1.54, 1.807) is 0 Å². The van der Waals surface area contributed by atoms with Gasteiger partial charge in [0.15, 0.2) is 0 Å². The van der Waals surface area contributed by atoms with Gasteiger partial charge in [0.1, 0.15) is 0 Å². The maximum absolute atomic E-state index is 9.41. The summed E-state index contributed by atoms with van der Waals surface area (Å²) in [6.07, 6.45) is 3.55. The number of hydrogen-bond acceptors (Lipinski definition) is 2. The van der Waals surface area contributed by atoms with Gasteiger partial charge in [-0.15, -0.1) is 0 Å². The molecule has 1 aliphatic rings. The molecule has 0 saturated carbocycles. The molecule has 0 fully saturated rings. The van der Waals surface area contributed by atoms with Crippen LogP contribution in [0.4, 0.5) is 0 Å². The molecule has 0 radical (unpaired) electrons. The molecule has 1 atom stereocenters. The van der Waals surface area contributed by atoms with Crippen molar-refractivity contribution in [3.8, 4) is 0 Å². The maximum atomic E-state index is 9.41. The van der Waals surface area contributed by atoms with E-state index in [0.717, 1.165) is 17.9 Å². The number of aryl methyl sites for hydroxylation is 1. The summed E-state index contributed by atoms with van der Waals surface area (Å²) in [6, 6.07) is 2.27. The molecule has 100 valence electrons. The van der Waals surface area contributed by atoms with Crippen LogP contribution >= 0.6 is 0 Å². The summed E-state index contributed by atoms with van der Waals surface area (Å²) in [5.41, 5.74) is 6.61. The number of rotatable bonds is 3. The Morgan fingerprint density at radius 1 is 1.28 bits per heavy atom. The van der Waals surface area contributed by atoms with Gasteiger partial charge >= 0.3 is 0 Å². The molecule has 18 heavy (non-hydrogen) atoms. The van der Waals surface area contributed by atoms with Crippen LogP contribution < -0.4 is 0 Å². The number of aliphatic hydroxyl groups excluding tert-OH is 2. The van der Waals surface area contributed by atoms with Gasteiger partial charge in [0.05, 0.1) is 13.2 Å². The topological polar surface area (TPSA) is 40.5 Å². The third-order valence-corrected chi connectivity index (χ3v) is 4.36. The summed E-state index contributed by atoms with van der Waals surface area (Å²) < 4.78 is 0. The summed E-state index contributed by atoms with van der Waals surface area (Å²) >= 11 is 0. The second-order valence-electron chi connectivity index (χ2n) is 5.78. The molecule has 2 rings (SSSR count). The van der Waals surface area contributed by atoms with Crippen molar-refractivity contribution in [2.45, 2.75) is 46.0 Å². The van der Waals surface area contributed by atoms with E-state index in [-0.39, 0.29) is 19.1 Å². The quantitative estimate of drug-likeness (QED) is 0.863.